The summed E-state index contributed by atoms with van der Waals surface area (Å²) in [4.78, 5) is 10.8. The van der Waals surface area contributed by atoms with Gasteiger partial charge in [-0.25, -0.2) is 4.79 Å². The Hall–Kier alpha value is -2.35. The fourth-order valence-corrected chi connectivity index (χ4v) is 2.78. The van der Waals surface area contributed by atoms with Crippen molar-refractivity contribution < 1.29 is 9.90 Å². The maximum Gasteiger partial charge on any atom is 0.328 e. The second-order valence-electron chi connectivity index (χ2n) is 5.52. The Morgan fingerprint density at radius 2 is 1.43 bits per heavy atom. The van der Waals surface area contributed by atoms with E-state index >= 15 is 0 Å². The van der Waals surface area contributed by atoms with E-state index in [1.54, 1.807) is 6.08 Å². The van der Waals surface area contributed by atoms with Crippen molar-refractivity contribution >= 4 is 12.0 Å². The molecule has 0 amide bonds. The topological polar surface area (TPSA) is 37.3 Å². The highest BCUT2D eigenvalue weighted by molar-refractivity contribution is 5.85. The van der Waals surface area contributed by atoms with Crippen LogP contribution in [0.15, 0.2) is 48.5 Å². The SMILES string of the molecule is O=C(O)/C=C/c1cc2ccc1CCc1ccc(cc1)CC2. The number of aryl methyl sites for hydroxylation is 4. The maximum absolute atomic E-state index is 10.8. The van der Waals surface area contributed by atoms with Crippen LogP contribution in [-0.2, 0) is 30.5 Å². The van der Waals surface area contributed by atoms with E-state index in [0.717, 1.165) is 31.2 Å². The van der Waals surface area contributed by atoms with Crippen LogP contribution in [0.2, 0.25) is 0 Å². The normalized spacial score (nSPS) is 14.1. The van der Waals surface area contributed by atoms with Crippen molar-refractivity contribution in [2.45, 2.75) is 25.7 Å². The second-order valence-corrected chi connectivity index (χ2v) is 5.52. The van der Waals surface area contributed by atoms with Gasteiger partial charge in [0.2, 0.25) is 0 Å². The van der Waals surface area contributed by atoms with Crippen LogP contribution in [-0.4, -0.2) is 11.1 Å². The van der Waals surface area contributed by atoms with Crippen LogP contribution < -0.4 is 0 Å². The average Bonchev–Trinajstić information content (AvgIpc) is 2.48. The lowest BCUT2D eigenvalue weighted by molar-refractivity contribution is -0.131. The number of hydrogen-bond acceptors (Lipinski definition) is 1. The van der Waals surface area contributed by atoms with E-state index < -0.39 is 5.97 Å². The van der Waals surface area contributed by atoms with E-state index in [9.17, 15) is 4.79 Å². The molecule has 0 saturated heterocycles. The van der Waals surface area contributed by atoms with Crippen LogP contribution in [0.25, 0.3) is 6.08 Å². The van der Waals surface area contributed by atoms with Gasteiger partial charge in [0, 0.05) is 6.08 Å². The lowest BCUT2D eigenvalue weighted by Gasteiger charge is -2.12. The molecule has 0 aromatic heterocycles. The van der Waals surface area contributed by atoms with Gasteiger partial charge in [0.1, 0.15) is 0 Å². The van der Waals surface area contributed by atoms with Crippen molar-refractivity contribution in [3.05, 3.63) is 76.4 Å². The fraction of sp³-hybridized carbons (Fsp3) is 0.211. The van der Waals surface area contributed by atoms with Gasteiger partial charge >= 0.3 is 5.97 Å². The van der Waals surface area contributed by atoms with Crippen LogP contribution in [0.3, 0.4) is 0 Å². The number of rotatable bonds is 2. The molecule has 106 valence electrons. The highest BCUT2D eigenvalue weighted by atomic mass is 16.4. The number of benzene rings is 2. The molecule has 21 heavy (non-hydrogen) atoms. The molecule has 2 nitrogen and oxygen atoms in total. The van der Waals surface area contributed by atoms with Crippen molar-refractivity contribution in [1.82, 2.24) is 0 Å². The second kappa shape index (κ2) is 5.96. The zero-order valence-corrected chi connectivity index (χ0v) is 11.9. The van der Waals surface area contributed by atoms with E-state index in [0.29, 0.717) is 0 Å². The van der Waals surface area contributed by atoms with Crippen molar-refractivity contribution in [2.24, 2.45) is 0 Å². The minimum atomic E-state index is -0.901. The molecule has 0 fully saturated rings. The number of carboxylic acids is 1. The summed E-state index contributed by atoms with van der Waals surface area (Å²) in [6, 6.07) is 15.3. The molecule has 2 aromatic rings. The maximum atomic E-state index is 10.8. The van der Waals surface area contributed by atoms with Crippen molar-refractivity contribution in [2.75, 3.05) is 0 Å². The molecule has 4 aliphatic rings. The summed E-state index contributed by atoms with van der Waals surface area (Å²) in [5, 5.41) is 8.84. The molecule has 0 saturated carbocycles. The molecule has 0 spiro atoms. The lowest BCUT2D eigenvalue weighted by atomic mass is 9.93. The van der Waals surface area contributed by atoms with Crippen LogP contribution in [0.5, 0.6) is 0 Å². The fourth-order valence-electron chi connectivity index (χ4n) is 2.78. The molecule has 2 aromatic carbocycles. The first-order chi connectivity index (χ1) is 10.2. The molecule has 0 aliphatic heterocycles. The number of hydrogen-bond donors (Lipinski definition) is 1. The highest BCUT2D eigenvalue weighted by Crippen LogP contribution is 2.20. The third kappa shape index (κ3) is 3.40. The van der Waals surface area contributed by atoms with Gasteiger partial charge in [-0.15, -0.1) is 0 Å². The van der Waals surface area contributed by atoms with Crippen LogP contribution in [0.1, 0.15) is 27.8 Å². The summed E-state index contributed by atoms with van der Waals surface area (Å²) in [6.45, 7) is 0. The standard InChI is InChI=1S/C19H18O2/c20-19(21)12-11-18-13-16-6-5-14-1-3-15(4-2-14)7-9-17(18)10-8-16/h1-4,8,10-13H,5-7,9H2,(H,20,21)/b12-11+. The van der Waals surface area contributed by atoms with Gasteiger partial charge in [0.15, 0.2) is 0 Å². The van der Waals surface area contributed by atoms with Gasteiger partial charge in [-0.2, -0.15) is 0 Å². The lowest BCUT2D eigenvalue weighted by Crippen LogP contribution is -2.00. The van der Waals surface area contributed by atoms with Gasteiger partial charge in [0.25, 0.3) is 0 Å². The van der Waals surface area contributed by atoms with Gasteiger partial charge < -0.3 is 5.11 Å². The summed E-state index contributed by atoms with van der Waals surface area (Å²) >= 11 is 0. The Balaban J connectivity index is 1.97. The van der Waals surface area contributed by atoms with Crippen LogP contribution >= 0.6 is 0 Å². The zero-order chi connectivity index (χ0) is 14.7. The Kier molecular flexibility index (Phi) is 3.87. The van der Waals surface area contributed by atoms with Crippen molar-refractivity contribution in [1.29, 1.82) is 0 Å². The first-order valence-electron chi connectivity index (χ1n) is 7.31. The molecule has 0 radical (unpaired) electrons. The summed E-state index contributed by atoms with van der Waals surface area (Å²) in [7, 11) is 0. The monoisotopic (exact) mass is 278 g/mol. The third-order valence-corrected chi connectivity index (χ3v) is 4.02. The summed E-state index contributed by atoms with van der Waals surface area (Å²) in [5.74, 6) is -0.901. The van der Waals surface area contributed by atoms with Gasteiger partial charge in [0.05, 0.1) is 0 Å². The smallest absolute Gasteiger partial charge is 0.328 e. The van der Waals surface area contributed by atoms with E-state index in [-0.39, 0.29) is 0 Å². The molecule has 0 heterocycles. The Morgan fingerprint density at radius 3 is 2.10 bits per heavy atom. The zero-order valence-electron chi connectivity index (χ0n) is 11.9. The van der Waals surface area contributed by atoms with E-state index in [1.807, 2.05) is 0 Å². The molecular weight excluding hydrogens is 260 g/mol. The Bertz CT molecular complexity index is 681. The molecule has 0 unspecified atom stereocenters. The van der Waals surface area contributed by atoms with Gasteiger partial charge in [-0.05, 0) is 59.6 Å². The minimum Gasteiger partial charge on any atom is -0.478 e. The summed E-state index contributed by atoms with van der Waals surface area (Å²) < 4.78 is 0. The molecule has 6 rings (SSSR count). The predicted octanol–water partition coefficient (Wildman–Crippen LogP) is 3.67. The number of aliphatic carboxylic acids is 1. The molecule has 0 atom stereocenters. The quantitative estimate of drug-likeness (QED) is 0.851. The van der Waals surface area contributed by atoms with Gasteiger partial charge in [-0.1, -0.05) is 42.5 Å². The van der Waals surface area contributed by atoms with Crippen molar-refractivity contribution in [3.8, 4) is 0 Å². The van der Waals surface area contributed by atoms with Gasteiger partial charge in [-0.3, -0.25) is 0 Å². The van der Waals surface area contributed by atoms with E-state index in [4.69, 9.17) is 5.11 Å². The Labute approximate surface area is 124 Å². The number of carboxylic acid groups (broad SMARTS) is 1. The third-order valence-electron chi connectivity index (χ3n) is 4.02. The Morgan fingerprint density at radius 1 is 0.857 bits per heavy atom. The first kappa shape index (κ1) is 13.6. The van der Waals surface area contributed by atoms with Crippen molar-refractivity contribution in [3.63, 3.8) is 0 Å². The minimum absolute atomic E-state index is 0.901. The first-order valence-corrected chi connectivity index (χ1v) is 7.31. The highest BCUT2D eigenvalue weighted by Gasteiger charge is 2.06. The number of carbonyl (C=O) groups is 1. The molecule has 4 aliphatic carbocycles. The van der Waals surface area contributed by atoms with Crippen LogP contribution in [0.4, 0.5) is 0 Å². The average molecular weight is 278 g/mol. The van der Waals surface area contributed by atoms with Crippen LogP contribution in [0, 0.1) is 0 Å². The molecular formula is C19H18O2. The van der Waals surface area contributed by atoms with E-state index in [2.05, 4.69) is 42.5 Å². The van der Waals surface area contributed by atoms with E-state index in [1.165, 1.54) is 28.3 Å². The summed E-state index contributed by atoms with van der Waals surface area (Å²) in [6.07, 6.45) is 6.85. The largest absolute Gasteiger partial charge is 0.478 e. The predicted molar refractivity (Wildman–Crippen MR) is 84.4 cm³/mol. The molecule has 1 N–H and O–H groups in total. The molecule has 2 heteroatoms. The molecule has 4 bridgehead atoms. The summed E-state index contributed by atoms with van der Waals surface area (Å²) in [5.41, 5.74) is 6.18.